The number of nitrogens with zero attached hydrogens (tertiary/aromatic N) is 6. The normalized spacial score (nSPS) is 11.5. The van der Waals surface area contributed by atoms with Crippen LogP contribution in [0.5, 0.6) is 0 Å². The number of rotatable bonds is 10. The van der Waals surface area contributed by atoms with Crippen LogP contribution in [0.2, 0.25) is 0 Å². The standard InChI is InChI=1S/C17H33N7O/c1-6-10-18-17(22(5)13-16(25)23(8-3)9-4)19-11-12-24-14-20-21-15(24)7-2/h14H,6-13H2,1-5H3,(H,18,19). The zero-order chi connectivity index (χ0) is 18.7. The highest BCUT2D eigenvalue weighted by atomic mass is 16.2. The van der Waals surface area contributed by atoms with E-state index in [4.69, 9.17) is 0 Å². The van der Waals surface area contributed by atoms with Crippen LogP contribution in [0.3, 0.4) is 0 Å². The lowest BCUT2D eigenvalue weighted by molar-refractivity contribution is -0.131. The van der Waals surface area contributed by atoms with Gasteiger partial charge in [0.15, 0.2) is 5.96 Å². The van der Waals surface area contributed by atoms with Crippen LogP contribution in [-0.4, -0.2) is 76.2 Å². The van der Waals surface area contributed by atoms with E-state index in [9.17, 15) is 4.79 Å². The number of likely N-dealkylation sites (N-methyl/N-ethyl adjacent to an activating group) is 2. The van der Waals surface area contributed by atoms with Crippen molar-refractivity contribution in [2.75, 3.05) is 39.8 Å². The van der Waals surface area contributed by atoms with Crippen molar-refractivity contribution in [3.05, 3.63) is 12.2 Å². The van der Waals surface area contributed by atoms with E-state index >= 15 is 0 Å². The summed E-state index contributed by atoms with van der Waals surface area (Å²) < 4.78 is 2.03. The molecule has 0 bridgehead atoms. The van der Waals surface area contributed by atoms with Crippen LogP contribution in [-0.2, 0) is 17.8 Å². The van der Waals surface area contributed by atoms with Crippen molar-refractivity contribution in [3.63, 3.8) is 0 Å². The first kappa shape index (κ1) is 20.9. The fourth-order valence-corrected chi connectivity index (χ4v) is 2.51. The van der Waals surface area contributed by atoms with E-state index < -0.39 is 0 Å². The number of amides is 1. The van der Waals surface area contributed by atoms with Crippen LogP contribution >= 0.6 is 0 Å². The predicted octanol–water partition coefficient (Wildman–Crippen LogP) is 0.996. The van der Waals surface area contributed by atoms with Gasteiger partial charge in [0, 0.05) is 46.2 Å². The van der Waals surface area contributed by atoms with Gasteiger partial charge in [-0.25, -0.2) is 0 Å². The lowest BCUT2D eigenvalue weighted by Crippen LogP contribution is -2.46. The van der Waals surface area contributed by atoms with Crippen LogP contribution in [0.15, 0.2) is 11.3 Å². The number of hydrogen-bond donors (Lipinski definition) is 1. The van der Waals surface area contributed by atoms with Crippen molar-refractivity contribution < 1.29 is 4.79 Å². The van der Waals surface area contributed by atoms with Crippen molar-refractivity contribution in [3.8, 4) is 0 Å². The maximum absolute atomic E-state index is 12.3. The zero-order valence-electron chi connectivity index (χ0n) is 16.3. The monoisotopic (exact) mass is 351 g/mol. The Balaban J connectivity index is 2.62. The molecule has 0 aliphatic rings. The molecule has 0 fully saturated rings. The van der Waals surface area contributed by atoms with Gasteiger partial charge in [-0.1, -0.05) is 13.8 Å². The van der Waals surface area contributed by atoms with Crippen molar-refractivity contribution in [1.29, 1.82) is 0 Å². The van der Waals surface area contributed by atoms with Crippen LogP contribution in [0.1, 0.15) is 39.9 Å². The van der Waals surface area contributed by atoms with E-state index in [0.717, 1.165) is 50.8 Å². The average Bonchev–Trinajstić information content (AvgIpc) is 3.06. The van der Waals surface area contributed by atoms with Gasteiger partial charge in [0.1, 0.15) is 12.2 Å². The molecule has 8 nitrogen and oxygen atoms in total. The number of guanidine groups is 1. The Morgan fingerprint density at radius 3 is 2.60 bits per heavy atom. The molecule has 0 radical (unpaired) electrons. The Morgan fingerprint density at radius 2 is 2.00 bits per heavy atom. The third-order valence-electron chi connectivity index (χ3n) is 3.98. The molecule has 1 aromatic heterocycles. The molecule has 0 saturated heterocycles. The highest BCUT2D eigenvalue weighted by Gasteiger charge is 2.15. The molecule has 1 heterocycles. The Bertz CT molecular complexity index is 537. The van der Waals surface area contributed by atoms with Gasteiger partial charge in [0.2, 0.25) is 5.91 Å². The molecule has 0 unspecified atom stereocenters. The smallest absolute Gasteiger partial charge is 0.242 e. The number of carbonyl (C=O) groups is 1. The van der Waals surface area contributed by atoms with E-state index in [-0.39, 0.29) is 5.91 Å². The summed E-state index contributed by atoms with van der Waals surface area (Å²) in [5, 5.41) is 11.4. The lowest BCUT2D eigenvalue weighted by Gasteiger charge is -2.26. The van der Waals surface area contributed by atoms with E-state index in [2.05, 4.69) is 34.4 Å². The summed E-state index contributed by atoms with van der Waals surface area (Å²) in [4.78, 5) is 20.6. The summed E-state index contributed by atoms with van der Waals surface area (Å²) in [7, 11) is 1.90. The van der Waals surface area contributed by atoms with Crippen molar-refractivity contribution in [2.45, 2.75) is 47.1 Å². The molecule has 0 spiro atoms. The van der Waals surface area contributed by atoms with Crippen LogP contribution in [0.25, 0.3) is 0 Å². The van der Waals surface area contributed by atoms with Gasteiger partial charge in [-0.2, -0.15) is 0 Å². The molecule has 142 valence electrons. The van der Waals surface area contributed by atoms with E-state index in [1.54, 1.807) is 6.33 Å². The van der Waals surface area contributed by atoms with Gasteiger partial charge < -0.3 is 19.7 Å². The molecule has 0 saturated carbocycles. The van der Waals surface area contributed by atoms with Crippen molar-refractivity contribution >= 4 is 11.9 Å². The second-order valence-corrected chi connectivity index (χ2v) is 5.85. The predicted molar refractivity (Wildman–Crippen MR) is 101 cm³/mol. The summed E-state index contributed by atoms with van der Waals surface area (Å²) in [5.74, 6) is 1.85. The minimum Gasteiger partial charge on any atom is -0.354 e. The summed E-state index contributed by atoms with van der Waals surface area (Å²) >= 11 is 0. The van der Waals surface area contributed by atoms with E-state index in [1.165, 1.54) is 0 Å². The SMILES string of the molecule is CCCN=C(NCCn1cnnc1CC)N(C)CC(=O)N(CC)CC. The second-order valence-electron chi connectivity index (χ2n) is 5.85. The molecule has 1 rings (SSSR count). The third kappa shape index (κ3) is 6.72. The Labute approximate surface area is 151 Å². The topological polar surface area (TPSA) is 78.6 Å². The Morgan fingerprint density at radius 1 is 1.28 bits per heavy atom. The van der Waals surface area contributed by atoms with Gasteiger partial charge in [-0.15, -0.1) is 10.2 Å². The first-order chi connectivity index (χ1) is 12.1. The third-order valence-corrected chi connectivity index (χ3v) is 3.98. The number of hydrogen-bond acceptors (Lipinski definition) is 4. The summed E-state index contributed by atoms with van der Waals surface area (Å²) in [6, 6.07) is 0. The van der Waals surface area contributed by atoms with Crippen LogP contribution in [0, 0.1) is 0 Å². The Kier molecular flexibility index (Phi) is 9.57. The lowest BCUT2D eigenvalue weighted by atomic mass is 10.4. The first-order valence-electron chi connectivity index (χ1n) is 9.21. The van der Waals surface area contributed by atoms with Crippen molar-refractivity contribution in [2.24, 2.45) is 4.99 Å². The molecule has 0 aromatic carbocycles. The highest BCUT2D eigenvalue weighted by molar-refractivity contribution is 5.86. The van der Waals surface area contributed by atoms with Crippen molar-refractivity contribution in [1.82, 2.24) is 29.9 Å². The fourth-order valence-electron chi connectivity index (χ4n) is 2.51. The molecule has 0 atom stereocenters. The molecule has 8 heteroatoms. The number of nitrogens with one attached hydrogen (secondary N) is 1. The largest absolute Gasteiger partial charge is 0.354 e. The Hall–Kier alpha value is -2.12. The minimum absolute atomic E-state index is 0.116. The minimum atomic E-state index is 0.116. The summed E-state index contributed by atoms with van der Waals surface area (Å²) in [6.45, 7) is 12.1. The van der Waals surface area contributed by atoms with Gasteiger partial charge in [-0.3, -0.25) is 9.79 Å². The molecule has 1 aromatic rings. The van der Waals surface area contributed by atoms with Crippen LogP contribution in [0.4, 0.5) is 0 Å². The molecule has 1 N–H and O–H groups in total. The zero-order valence-corrected chi connectivity index (χ0v) is 16.3. The van der Waals surface area contributed by atoms with Gasteiger partial charge in [-0.05, 0) is 20.3 Å². The molecular formula is C17H33N7O. The molecule has 0 aliphatic carbocycles. The fraction of sp³-hybridized carbons (Fsp3) is 0.765. The highest BCUT2D eigenvalue weighted by Crippen LogP contribution is 1.97. The second kappa shape index (κ2) is 11.4. The van der Waals surface area contributed by atoms with Gasteiger partial charge in [0.05, 0.1) is 6.54 Å². The molecule has 0 aliphatic heterocycles. The molecule has 25 heavy (non-hydrogen) atoms. The van der Waals surface area contributed by atoms with Crippen LogP contribution < -0.4 is 5.32 Å². The summed E-state index contributed by atoms with van der Waals surface area (Å²) in [5.41, 5.74) is 0. The maximum Gasteiger partial charge on any atom is 0.242 e. The first-order valence-corrected chi connectivity index (χ1v) is 9.21. The number of aromatic nitrogens is 3. The average molecular weight is 351 g/mol. The van der Waals surface area contributed by atoms with E-state index in [0.29, 0.717) is 13.1 Å². The van der Waals surface area contributed by atoms with Gasteiger partial charge >= 0.3 is 0 Å². The molecular weight excluding hydrogens is 318 g/mol. The molecule has 1 amide bonds. The summed E-state index contributed by atoms with van der Waals surface area (Å²) in [6.07, 6.45) is 3.57. The number of aryl methyl sites for hydroxylation is 1. The van der Waals surface area contributed by atoms with E-state index in [1.807, 2.05) is 35.3 Å². The quantitative estimate of drug-likeness (QED) is 0.502. The maximum atomic E-state index is 12.3. The van der Waals surface area contributed by atoms with Gasteiger partial charge in [0.25, 0.3) is 0 Å². The number of carbonyl (C=O) groups excluding carboxylic acids is 1. The number of aliphatic imine (C=N–C) groups is 1.